The topological polar surface area (TPSA) is 8.17 Å². The van der Waals surface area contributed by atoms with Gasteiger partial charge in [0.2, 0.25) is 0 Å². The summed E-state index contributed by atoms with van der Waals surface area (Å²) in [6, 6.07) is 92.7. The molecule has 0 unspecified atom stereocenters. The van der Waals surface area contributed by atoms with Gasteiger partial charge in [0.25, 0.3) is 0 Å². The standard InChI is InChI=1S/C68H50N2/c1-3-19-59-47(2)66(52-22-9-5-10-23-52)67(62-29-14-13-28-61(59)62)53-40-44-57(45-41-53)69(56-42-38-51(39-43-56)50-36-34-49(35-37-50)48-20-7-4-8-21-48)58-27-17-24-54(46-58)60-31-18-33-65-68(60)63-30-15-16-32-64(63)70(65)55-25-11-6-12-26-55/h3-46H,1-2H3/b19-3-. The molecule has 332 valence electrons. The summed E-state index contributed by atoms with van der Waals surface area (Å²) < 4.78 is 2.39. The summed E-state index contributed by atoms with van der Waals surface area (Å²) in [5.41, 5.74) is 21.4. The average Bonchev–Trinajstić information content (AvgIpc) is 3.78. The number of benzene rings is 11. The van der Waals surface area contributed by atoms with Crippen molar-refractivity contribution in [3.05, 3.63) is 272 Å². The maximum atomic E-state index is 2.40. The minimum atomic E-state index is 1.08. The van der Waals surface area contributed by atoms with Gasteiger partial charge < -0.3 is 9.47 Å². The van der Waals surface area contributed by atoms with Gasteiger partial charge in [-0.25, -0.2) is 0 Å². The van der Waals surface area contributed by atoms with E-state index in [-0.39, 0.29) is 0 Å². The first-order valence-electron chi connectivity index (χ1n) is 24.2. The molecule has 0 radical (unpaired) electrons. The third kappa shape index (κ3) is 7.57. The molecule has 0 spiro atoms. The van der Waals surface area contributed by atoms with Crippen molar-refractivity contribution < 1.29 is 0 Å². The highest BCUT2D eigenvalue weighted by atomic mass is 15.1. The monoisotopic (exact) mass is 894 g/mol. The van der Waals surface area contributed by atoms with Crippen LogP contribution in [0.1, 0.15) is 18.1 Å². The Morgan fingerprint density at radius 3 is 1.47 bits per heavy atom. The lowest BCUT2D eigenvalue weighted by Crippen LogP contribution is -2.10. The second-order valence-corrected chi connectivity index (χ2v) is 18.0. The summed E-state index contributed by atoms with van der Waals surface area (Å²) in [5.74, 6) is 0. The van der Waals surface area contributed by atoms with Gasteiger partial charge in [0, 0.05) is 33.5 Å². The first-order chi connectivity index (χ1) is 34.6. The number of aromatic nitrogens is 1. The largest absolute Gasteiger partial charge is 0.310 e. The SMILES string of the molecule is C/C=C\c1c(C)c(-c2ccccc2)c(-c2ccc(N(c3ccc(-c4ccc(-c5ccccc5)cc4)cc3)c3cccc(-c4cccc5c4c4ccccc4n5-c4ccccc4)c3)cc2)c2ccccc12. The van der Waals surface area contributed by atoms with Crippen LogP contribution in [0.25, 0.3) is 100.0 Å². The molecule has 11 aromatic carbocycles. The van der Waals surface area contributed by atoms with Gasteiger partial charge in [-0.15, -0.1) is 0 Å². The maximum Gasteiger partial charge on any atom is 0.0547 e. The summed E-state index contributed by atoms with van der Waals surface area (Å²) >= 11 is 0. The Morgan fingerprint density at radius 1 is 0.357 bits per heavy atom. The zero-order chi connectivity index (χ0) is 47.0. The maximum absolute atomic E-state index is 2.40. The summed E-state index contributed by atoms with van der Waals surface area (Å²) in [5, 5.41) is 4.98. The highest BCUT2D eigenvalue weighted by Gasteiger charge is 2.21. The minimum absolute atomic E-state index is 1.08. The number of fused-ring (bicyclic) bond motifs is 4. The summed E-state index contributed by atoms with van der Waals surface area (Å²) in [6.45, 7) is 4.38. The van der Waals surface area contributed by atoms with Crippen LogP contribution < -0.4 is 4.90 Å². The van der Waals surface area contributed by atoms with Crippen molar-refractivity contribution in [2.24, 2.45) is 0 Å². The zero-order valence-electron chi connectivity index (χ0n) is 39.3. The average molecular weight is 895 g/mol. The van der Waals surface area contributed by atoms with E-state index in [1.54, 1.807) is 0 Å². The van der Waals surface area contributed by atoms with Crippen LogP contribution in [0.4, 0.5) is 17.1 Å². The molecule has 1 aromatic heterocycles. The van der Waals surface area contributed by atoms with Crippen molar-refractivity contribution in [2.75, 3.05) is 4.90 Å². The quantitative estimate of drug-likeness (QED) is 0.133. The van der Waals surface area contributed by atoms with Crippen molar-refractivity contribution in [1.29, 1.82) is 0 Å². The molecule has 0 amide bonds. The first-order valence-corrected chi connectivity index (χ1v) is 24.2. The van der Waals surface area contributed by atoms with Crippen molar-refractivity contribution in [3.63, 3.8) is 0 Å². The van der Waals surface area contributed by atoms with Crippen molar-refractivity contribution in [3.8, 4) is 61.3 Å². The van der Waals surface area contributed by atoms with E-state index in [9.17, 15) is 0 Å². The molecule has 0 atom stereocenters. The summed E-state index contributed by atoms with van der Waals surface area (Å²) in [7, 11) is 0. The van der Waals surface area contributed by atoms with Crippen molar-refractivity contribution >= 4 is 55.7 Å². The molecular formula is C68H50N2. The third-order valence-electron chi connectivity index (χ3n) is 13.9. The number of rotatable bonds is 10. The first kappa shape index (κ1) is 42.4. The Morgan fingerprint density at radius 2 is 0.829 bits per heavy atom. The van der Waals surface area contributed by atoms with E-state index in [0.717, 1.165) is 28.3 Å². The second-order valence-electron chi connectivity index (χ2n) is 18.0. The molecule has 2 nitrogen and oxygen atoms in total. The molecule has 12 aromatic rings. The molecule has 0 aliphatic carbocycles. The predicted octanol–water partition coefficient (Wildman–Crippen LogP) is 19.1. The molecule has 0 saturated heterocycles. The van der Waals surface area contributed by atoms with Crippen LogP contribution in [0.3, 0.4) is 0 Å². The van der Waals surface area contributed by atoms with Gasteiger partial charge in [-0.3, -0.25) is 0 Å². The molecule has 70 heavy (non-hydrogen) atoms. The molecule has 0 aliphatic heterocycles. The van der Waals surface area contributed by atoms with Crippen LogP contribution in [0, 0.1) is 6.92 Å². The van der Waals surface area contributed by atoms with Crippen LogP contribution in [0.15, 0.2) is 261 Å². The lowest BCUT2D eigenvalue weighted by molar-refractivity contribution is 1.18. The van der Waals surface area contributed by atoms with E-state index in [4.69, 9.17) is 0 Å². The van der Waals surface area contributed by atoms with Gasteiger partial charge in [0.15, 0.2) is 0 Å². The molecule has 1 heterocycles. The Balaban J connectivity index is 1.00. The van der Waals surface area contributed by atoms with Crippen LogP contribution in [0.5, 0.6) is 0 Å². The van der Waals surface area contributed by atoms with Crippen molar-refractivity contribution in [2.45, 2.75) is 13.8 Å². The number of nitrogens with zero attached hydrogens (tertiary/aromatic N) is 2. The molecule has 0 saturated carbocycles. The number of hydrogen-bond donors (Lipinski definition) is 0. The van der Waals surface area contributed by atoms with Crippen molar-refractivity contribution in [1.82, 2.24) is 4.57 Å². The second kappa shape index (κ2) is 18.3. The number of allylic oxidation sites excluding steroid dienone is 1. The number of para-hydroxylation sites is 2. The van der Waals surface area contributed by atoms with Gasteiger partial charge in [-0.2, -0.15) is 0 Å². The van der Waals surface area contributed by atoms with Crippen LogP contribution in [-0.4, -0.2) is 4.57 Å². The normalized spacial score (nSPS) is 11.5. The number of anilines is 3. The Kier molecular flexibility index (Phi) is 11.1. The lowest BCUT2D eigenvalue weighted by atomic mass is 9.83. The third-order valence-corrected chi connectivity index (χ3v) is 13.9. The Hall–Kier alpha value is -8.98. The van der Waals surface area contributed by atoms with E-state index < -0.39 is 0 Å². The van der Waals surface area contributed by atoms with E-state index in [0.29, 0.717) is 0 Å². The Bertz CT molecular complexity index is 3850. The van der Waals surface area contributed by atoms with E-state index in [2.05, 4.69) is 290 Å². The van der Waals surface area contributed by atoms with Crippen LogP contribution in [0.2, 0.25) is 0 Å². The fraction of sp³-hybridized carbons (Fsp3) is 0.0294. The van der Waals surface area contributed by atoms with E-state index >= 15 is 0 Å². The lowest BCUT2D eigenvalue weighted by Gasteiger charge is -2.27. The smallest absolute Gasteiger partial charge is 0.0547 e. The fourth-order valence-electron chi connectivity index (χ4n) is 10.7. The molecule has 0 aliphatic rings. The highest BCUT2D eigenvalue weighted by Crippen LogP contribution is 2.46. The predicted molar refractivity (Wildman–Crippen MR) is 300 cm³/mol. The molecule has 2 heteroatoms. The minimum Gasteiger partial charge on any atom is -0.310 e. The fourth-order valence-corrected chi connectivity index (χ4v) is 10.7. The van der Waals surface area contributed by atoms with Crippen LogP contribution >= 0.6 is 0 Å². The Labute approximate surface area is 410 Å². The van der Waals surface area contributed by atoms with E-state index in [1.165, 1.54) is 93.8 Å². The van der Waals surface area contributed by atoms with Gasteiger partial charge >= 0.3 is 0 Å². The van der Waals surface area contributed by atoms with Crippen LogP contribution in [-0.2, 0) is 0 Å². The molecule has 0 N–H and O–H groups in total. The summed E-state index contributed by atoms with van der Waals surface area (Å²) in [4.78, 5) is 2.40. The number of hydrogen-bond acceptors (Lipinski definition) is 1. The molecule has 0 bridgehead atoms. The van der Waals surface area contributed by atoms with Gasteiger partial charge in [0.05, 0.1) is 11.0 Å². The molecular weight excluding hydrogens is 845 g/mol. The molecule has 12 rings (SSSR count). The van der Waals surface area contributed by atoms with Gasteiger partial charge in [-0.1, -0.05) is 206 Å². The van der Waals surface area contributed by atoms with Gasteiger partial charge in [-0.05, 0) is 152 Å². The van der Waals surface area contributed by atoms with Gasteiger partial charge in [0.1, 0.15) is 0 Å². The summed E-state index contributed by atoms with van der Waals surface area (Å²) in [6.07, 6.45) is 4.41. The molecule has 0 fully saturated rings. The highest BCUT2D eigenvalue weighted by molar-refractivity contribution is 6.16. The zero-order valence-corrected chi connectivity index (χ0v) is 39.3. The van der Waals surface area contributed by atoms with E-state index in [1.807, 2.05) is 0 Å².